The van der Waals surface area contributed by atoms with Gasteiger partial charge >= 0.3 is 0 Å². The first kappa shape index (κ1) is 30.7. The zero-order valence-corrected chi connectivity index (χ0v) is 29.3. The Kier molecular flexibility index (Phi) is 7.64. The smallest absolute Gasteiger partial charge is 0.0702 e. The fourth-order valence-corrected chi connectivity index (χ4v) is 8.90. The van der Waals surface area contributed by atoms with Crippen LogP contribution in [0.1, 0.15) is 60.8 Å². The molecule has 52 heavy (non-hydrogen) atoms. The summed E-state index contributed by atoms with van der Waals surface area (Å²) in [4.78, 5) is 4.92. The maximum Gasteiger partial charge on any atom is 0.0702 e. The summed E-state index contributed by atoms with van der Waals surface area (Å²) in [5.41, 5.74) is 13.2. The van der Waals surface area contributed by atoms with E-state index in [-0.39, 0.29) is 0 Å². The van der Waals surface area contributed by atoms with Crippen LogP contribution in [0.4, 0.5) is 0 Å². The second kappa shape index (κ2) is 12.9. The van der Waals surface area contributed by atoms with Crippen molar-refractivity contribution in [1.29, 1.82) is 0 Å². The van der Waals surface area contributed by atoms with Gasteiger partial charge in [0.25, 0.3) is 0 Å². The summed E-state index contributed by atoms with van der Waals surface area (Å²) in [7, 11) is 0. The average Bonchev–Trinajstić information content (AvgIpc) is 3.23. The first-order valence-corrected chi connectivity index (χ1v) is 18.8. The van der Waals surface area contributed by atoms with Crippen LogP contribution in [0.25, 0.3) is 71.9 Å². The highest BCUT2D eigenvalue weighted by molar-refractivity contribution is 6.16. The molecule has 0 unspecified atom stereocenters. The van der Waals surface area contributed by atoms with E-state index in [1.54, 1.807) is 0 Å². The van der Waals surface area contributed by atoms with Crippen molar-refractivity contribution in [2.24, 2.45) is 0 Å². The number of hydrogen-bond acceptors (Lipinski definition) is 1. The lowest BCUT2D eigenvalue weighted by atomic mass is 9.80. The van der Waals surface area contributed by atoms with Crippen LogP contribution in [-0.2, 0) is 0 Å². The third-order valence-electron chi connectivity index (χ3n) is 11.4. The Labute approximate surface area is 305 Å². The molecule has 6 aromatic carbocycles. The Hall–Kier alpha value is -6.05. The summed E-state index contributed by atoms with van der Waals surface area (Å²) in [6.07, 6.45) is 22.4. The summed E-state index contributed by atoms with van der Waals surface area (Å²) < 4.78 is 0. The quantitative estimate of drug-likeness (QED) is 0.167. The Bertz CT molecular complexity index is 2770. The van der Waals surface area contributed by atoms with E-state index < -0.39 is 0 Å². The van der Waals surface area contributed by atoms with Gasteiger partial charge in [0.2, 0.25) is 0 Å². The number of rotatable bonds is 5. The normalized spacial score (nSPS) is 15.6. The number of nitrogens with zero attached hydrogens (tertiary/aromatic N) is 1. The van der Waals surface area contributed by atoms with Gasteiger partial charge in [-0.1, -0.05) is 146 Å². The van der Waals surface area contributed by atoms with Gasteiger partial charge in [-0.25, -0.2) is 0 Å². The van der Waals surface area contributed by atoms with E-state index in [0.29, 0.717) is 0 Å². The maximum atomic E-state index is 4.92. The molecule has 0 fully saturated rings. The largest absolute Gasteiger partial charge is 0.256 e. The molecule has 0 N–H and O–H groups in total. The van der Waals surface area contributed by atoms with E-state index >= 15 is 0 Å². The lowest BCUT2D eigenvalue weighted by molar-refractivity contribution is 1.04. The standard InChI is InChI=1S/C51H39N/c1-2-13-36(14-3-1)41-20-10-22-43-42(41)21-11-23-44(43)51-47-18-8-6-16-45(47)50(46-17-7-9-19-48(46)51)37-27-24-35(25-28-37)40-30-31-49(52-33-40)39-29-26-34-12-4-5-15-38(34)32-39/h1-2,4-10,12-13,15-22,24,26-27,29-33H,3,11,14,23,25,28H2. The molecule has 0 spiro atoms. The lowest BCUT2D eigenvalue weighted by Gasteiger charge is -2.23. The van der Waals surface area contributed by atoms with Crippen molar-refractivity contribution < 1.29 is 0 Å². The number of aromatic nitrogens is 1. The third kappa shape index (κ3) is 5.28. The van der Waals surface area contributed by atoms with Gasteiger partial charge in [-0.05, 0) is 138 Å². The van der Waals surface area contributed by atoms with Crippen molar-refractivity contribution in [3.63, 3.8) is 0 Å². The van der Waals surface area contributed by atoms with Crippen LogP contribution in [0.3, 0.4) is 0 Å². The molecule has 1 aromatic heterocycles. The minimum absolute atomic E-state index is 0.988. The average molecular weight is 666 g/mol. The number of allylic oxidation sites excluding steroid dienone is 8. The van der Waals surface area contributed by atoms with E-state index in [4.69, 9.17) is 4.98 Å². The molecule has 0 bridgehead atoms. The summed E-state index contributed by atoms with van der Waals surface area (Å²) in [6, 6.07) is 44.8. The monoisotopic (exact) mass is 665 g/mol. The van der Waals surface area contributed by atoms with Crippen LogP contribution < -0.4 is 10.4 Å². The Morgan fingerprint density at radius 3 is 1.90 bits per heavy atom. The van der Waals surface area contributed by atoms with E-state index in [9.17, 15) is 0 Å². The van der Waals surface area contributed by atoms with Crippen molar-refractivity contribution in [3.8, 4) is 11.3 Å². The molecule has 0 amide bonds. The van der Waals surface area contributed by atoms with E-state index in [0.717, 1.165) is 49.8 Å². The molecule has 3 aliphatic carbocycles. The molecule has 1 heterocycles. The number of pyridine rings is 1. The van der Waals surface area contributed by atoms with Gasteiger partial charge in [0.15, 0.2) is 0 Å². The number of benzene rings is 6. The molecule has 0 aliphatic heterocycles. The molecule has 0 atom stereocenters. The molecule has 10 rings (SSSR count). The van der Waals surface area contributed by atoms with Crippen molar-refractivity contribution in [2.75, 3.05) is 0 Å². The Balaban J connectivity index is 1.07. The van der Waals surface area contributed by atoms with Gasteiger partial charge in [-0.3, -0.25) is 4.98 Å². The zero-order valence-electron chi connectivity index (χ0n) is 29.3. The lowest BCUT2D eigenvalue weighted by Crippen LogP contribution is -2.33. The highest BCUT2D eigenvalue weighted by Gasteiger charge is 2.22. The number of fused-ring (bicyclic) bond motifs is 4. The zero-order chi connectivity index (χ0) is 34.4. The predicted octanol–water partition coefficient (Wildman–Crippen LogP) is 12.0. The summed E-state index contributed by atoms with van der Waals surface area (Å²) in [6.45, 7) is 0. The van der Waals surface area contributed by atoms with Crippen LogP contribution in [0.2, 0.25) is 0 Å². The van der Waals surface area contributed by atoms with Gasteiger partial charge in [0, 0.05) is 11.8 Å². The molecule has 1 nitrogen and oxygen atoms in total. The van der Waals surface area contributed by atoms with Crippen LogP contribution in [-0.4, -0.2) is 4.98 Å². The first-order valence-electron chi connectivity index (χ1n) is 18.8. The van der Waals surface area contributed by atoms with Gasteiger partial charge in [0.1, 0.15) is 0 Å². The maximum absolute atomic E-state index is 4.92. The minimum atomic E-state index is 0.988. The molecule has 1 heteroatoms. The van der Waals surface area contributed by atoms with Gasteiger partial charge < -0.3 is 0 Å². The summed E-state index contributed by atoms with van der Waals surface area (Å²) >= 11 is 0. The van der Waals surface area contributed by atoms with Crippen molar-refractivity contribution in [3.05, 3.63) is 191 Å². The van der Waals surface area contributed by atoms with Crippen LogP contribution in [0.5, 0.6) is 0 Å². The fourth-order valence-electron chi connectivity index (χ4n) is 8.90. The van der Waals surface area contributed by atoms with E-state index in [1.165, 1.54) is 87.3 Å². The second-order valence-electron chi connectivity index (χ2n) is 14.4. The van der Waals surface area contributed by atoms with Gasteiger partial charge in [-0.15, -0.1) is 0 Å². The summed E-state index contributed by atoms with van der Waals surface area (Å²) in [5.74, 6) is 0. The van der Waals surface area contributed by atoms with Crippen molar-refractivity contribution >= 4 is 60.7 Å². The number of hydrogen-bond donors (Lipinski definition) is 0. The highest BCUT2D eigenvalue weighted by atomic mass is 14.7. The first-order chi connectivity index (χ1) is 25.8. The van der Waals surface area contributed by atoms with Crippen LogP contribution >= 0.6 is 0 Å². The van der Waals surface area contributed by atoms with Gasteiger partial charge in [0.05, 0.1) is 5.69 Å². The molecule has 7 aromatic rings. The van der Waals surface area contributed by atoms with Crippen molar-refractivity contribution in [2.45, 2.75) is 38.5 Å². The van der Waals surface area contributed by atoms with Gasteiger partial charge in [-0.2, -0.15) is 0 Å². The van der Waals surface area contributed by atoms with E-state index in [2.05, 4.69) is 164 Å². The summed E-state index contributed by atoms with van der Waals surface area (Å²) in [5, 5.41) is 10.7. The Morgan fingerprint density at radius 2 is 1.19 bits per heavy atom. The van der Waals surface area contributed by atoms with E-state index in [1.807, 2.05) is 0 Å². The predicted molar refractivity (Wildman–Crippen MR) is 222 cm³/mol. The highest BCUT2D eigenvalue weighted by Crippen LogP contribution is 2.43. The second-order valence-corrected chi connectivity index (χ2v) is 14.4. The topological polar surface area (TPSA) is 12.9 Å². The Morgan fingerprint density at radius 1 is 0.481 bits per heavy atom. The molecule has 3 aliphatic rings. The molecule has 0 saturated carbocycles. The SMILES string of the molecule is C1=CCCC(c2cccc3c2=CCCC=3c2c3ccccc3c(C3=CC=C(c4ccc(-c5ccc6ccccc6c5)nc4)CC3)c3ccccc23)=C1. The van der Waals surface area contributed by atoms with Crippen LogP contribution in [0.15, 0.2) is 158 Å². The minimum Gasteiger partial charge on any atom is -0.256 e. The molecule has 0 radical (unpaired) electrons. The molecular formula is C51H39N. The molecule has 248 valence electrons. The van der Waals surface area contributed by atoms with Crippen molar-refractivity contribution in [1.82, 2.24) is 4.98 Å². The van der Waals surface area contributed by atoms with Crippen LogP contribution in [0, 0.1) is 0 Å². The fraction of sp³-hybridized carbons (Fsp3) is 0.118. The third-order valence-corrected chi connectivity index (χ3v) is 11.4. The molecule has 0 saturated heterocycles. The molecular weight excluding hydrogens is 627 g/mol.